The molecule has 29 heavy (non-hydrogen) atoms. The van der Waals surface area contributed by atoms with Crippen molar-refractivity contribution in [2.45, 2.75) is 13.8 Å². The third-order valence-electron chi connectivity index (χ3n) is 4.62. The lowest BCUT2D eigenvalue weighted by atomic mass is 10.1. The Kier molecular flexibility index (Phi) is 5.93. The maximum absolute atomic E-state index is 12.6. The van der Waals surface area contributed by atoms with Crippen molar-refractivity contribution in [2.75, 3.05) is 29.6 Å². The molecule has 0 bridgehead atoms. The summed E-state index contributed by atoms with van der Waals surface area (Å²) in [5, 5.41) is 5.73. The normalized spacial score (nSPS) is 10.3. The number of hydrogen-bond donors (Lipinski definition) is 2. The number of amides is 2. The lowest BCUT2D eigenvalue weighted by Crippen LogP contribution is -2.18. The van der Waals surface area contributed by atoms with Crippen LogP contribution in [0.15, 0.2) is 60.8 Å². The highest BCUT2D eigenvalue weighted by molar-refractivity contribution is 6.08. The molecule has 6 nitrogen and oxygen atoms in total. The number of hydrogen-bond acceptors (Lipinski definition) is 4. The van der Waals surface area contributed by atoms with Crippen LogP contribution in [0.4, 0.5) is 17.1 Å². The zero-order valence-corrected chi connectivity index (χ0v) is 17.0. The van der Waals surface area contributed by atoms with Gasteiger partial charge in [-0.25, -0.2) is 0 Å². The Labute approximate surface area is 170 Å². The first-order valence-electron chi connectivity index (χ1n) is 9.27. The van der Waals surface area contributed by atoms with Gasteiger partial charge in [-0.1, -0.05) is 18.2 Å². The van der Waals surface area contributed by atoms with Gasteiger partial charge in [-0.05, 0) is 61.4 Å². The first kappa shape index (κ1) is 20.1. The van der Waals surface area contributed by atoms with Gasteiger partial charge in [-0.2, -0.15) is 0 Å². The molecule has 2 N–H and O–H groups in total. The highest BCUT2D eigenvalue weighted by Gasteiger charge is 2.14. The molecule has 0 aliphatic carbocycles. The van der Waals surface area contributed by atoms with E-state index >= 15 is 0 Å². The summed E-state index contributed by atoms with van der Waals surface area (Å²) in [6, 6.07) is 16.4. The smallest absolute Gasteiger partial charge is 0.274 e. The number of para-hydroxylation sites is 1. The predicted molar refractivity (Wildman–Crippen MR) is 117 cm³/mol. The minimum absolute atomic E-state index is 0.184. The van der Waals surface area contributed by atoms with Crippen LogP contribution in [0.1, 0.15) is 32.0 Å². The van der Waals surface area contributed by atoms with Crippen LogP contribution >= 0.6 is 0 Å². The minimum Gasteiger partial charge on any atom is -0.378 e. The molecule has 1 aromatic heterocycles. The fraction of sp³-hybridized carbons (Fsp3) is 0.174. The topological polar surface area (TPSA) is 74.3 Å². The van der Waals surface area contributed by atoms with Crippen molar-refractivity contribution in [2.24, 2.45) is 0 Å². The van der Waals surface area contributed by atoms with E-state index in [0.717, 1.165) is 22.5 Å². The fourth-order valence-electron chi connectivity index (χ4n) is 2.93. The third-order valence-corrected chi connectivity index (χ3v) is 4.62. The lowest BCUT2D eigenvalue weighted by Gasteiger charge is -2.13. The Hall–Kier alpha value is -3.67. The molecule has 0 unspecified atom stereocenters. The molecule has 0 spiro atoms. The van der Waals surface area contributed by atoms with Crippen LogP contribution in [0.5, 0.6) is 0 Å². The molecular weight excluding hydrogens is 364 g/mol. The van der Waals surface area contributed by atoms with Crippen molar-refractivity contribution in [1.29, 1.82) is 0 Å². The minimum atomic E-state index is -0.354. The van der Waals surface area contributed by atoms with E-state index in [1.807, 2.05) is 75.3 Å². The molecule has 3 aromatic rings. The van der Waals surface area contributed by atoms with Crippen molar-refractivity contribution in [3.05, 3.63) is 83.2 Å². The quantitative estimate of drug-likeness (QED) is 0.685. The average molecular weight is 388 g/mol. The second-order valence-corrected chi connectivity index (χ2v) is 7.05. The van der Waals surface area contributed by atoms with E-state index in [1.54, 1.807) is 6.07 Å². The van der Waals surface area contributed by atoms with Gasteiger partial charge in [-0.15, -0.1) is 0 Å². The Morgan fingerprint density at radius 3 is 2.14 bits per heavy atom. The third kappa shape index (κ3) is 4.79. The van der Waals surface area contributed by atoms with Crippen LogP contribution in [-0.2, 0) is 0 Å². The molecule has 2 aromatic carbocycles. The number of pyridine rings is 1. The number of aromatic nitrogens is 1. The van der Waals surface area contributed by atoms with Crippen molar-refractivity contribution in [3.63, 3.8) is 0 Å². The maximum atomic E-state index is 12.6. The van der Waals surface area contributed by atoms with E-state index in [9.17, 15) is 9.59 Å². The molecule has 0 aliphatic heterocycles. The average Bonchev–Trinajstić information content (AvgIpc) is 2.71. The van der Waals surface area contributed by atoms with E-state index in [-0.39, 0.29) is 17.5 Å². The van der Waals surface area contributed by atoms with E-state index < -0.39 is 0 Å². The number of carbonyl (C=O) groups excluding carboxylic acids is 2. The summed E-state index contributed by atoms with van der Waals surface area (Å²) < 4.78 is 0. The Bertz CT molecular complexity index is 1020. The second-order valence-electron chi connectivity index (χ2n) is 7.05. The molecule has 3 rings (SSSR count). The zero-order chi connectivity index (χ0) is 21.0. The summed E-state index contributed by atoms with van der Waals surface area (Å²) in [5.41, 5.74) is 4.96. The number of benzene rings is 2. The number of rotatable bonds is 5. The van der Waals surface area contributed by atoms with Crippen LogP contribution in [0.3, 0.4) is 0 Å². The molecule has 0 atom stereocenters. The van der Waals surface area contributed by atoms with Crippen LogP contribution in [0.25, 0.3) is 0 Å². The molecular formula is C23H24N4O2. The maximum Gasteiger partial charge on any atom is 0.274 e. The van der Waals surface area contributed by atoms with E-state index in [2.05, 4.69) is 15.6 Å². The van der Waals surface area contributed by atoms with Gasteiger partial charge in [0.15, 0.2) is 0 Å². The SMILES string of the molecule is Cc1cccc(C)c1NC(=O)c1cc(C(=O)Nc2ccc(N(C)C)cc2)ccn1. The fourth-order valence-corrected chi connectivity index (χ4v) is 2.93. The molecule has 0 saturated carbocycles. The Morgan fingerprint density at radius 2 is 1.52 bits per heavy atom. The zero-order valence-electron chi connectivity index (χ0n) is 17.0. The van der Waals surface area contributed by atoms with E-state index in [0.29, 0.717) is 11.3 Å². The van der Waals surface area contributed by atoms with Crippen LogP contribution in [0.2, 0.25) is 0 Å². The lowest BCUT2D eigenvalue weighted by molar-refractivity contribution is 0.102. The van der Waals surface area contributed by atoms with Crippen LogP contribution in [-0.4, -0.2) is 30.9 Å². The van der Waals surface area contributed by atoms with Crippen molar-refractivity contribution >= 4 is 28.9 Å². The predicted octanol–water partition coefficient (Wildman–Crippen LogP) is 4.27. The summed E-state index contributed by atoms with van der Waals surface area (Å²) in [6.45, 7) is 3.86. The van der Waals surface area contributed by atoms with Crippen LogP contribution in [0, 0.1) is 13.8 Å². The Balaban J connectivity index is 1.74. The van der Waals surface area contributed by atoms with Crippen LogP contribution < -0.4 is 15.5 Å². The van der Waals surface area contributed by atoms with E-state index in [4.69, 9.17) is 0 Å². The van der Waals surface area contributed by atoms with Gasteiger partial charge in [0, 0.05) is 42.9 Å². The molecule has 0 fully saturated rings. The monoisotopic (exact) mass is 388 g/mol. The summed E-state index contributed by atoms with van der Waals surface area (Å²) in [4.78, 5) is 31.3. The van der Waals surface area contributed by atoms with Gasteiger partial charge >= 0.3 is 0 Å². The molecule has 1 heterocycles. The standard InChI is InChI=1S/C23H24N4O2/c1-15-6-5-7-16(2)21(15)26-23(29)20-14-17(12-13-24-20)22(28)25-18-8-10-19(11-9-18)27(3)4/h5-14H,1-4H3,(H,25,28)(H,26,29). The summed E-state index contributed by atoms with van der Waals surface area (Å²) in [7, 11) is 3.91. The highest BCUT2D eigenvalue weighted by Crippen LogP contribution is 2.20. The van der Waals surface area contributed by atoms with Gasteiger partial charge in [-0.3, -0.25) is 14.6 Å². The number of nitrogens with zero attached hydrogens (tertiary/aromatic N) is 2. The molecule has 2 amide bonds. The number of aryl methyl sites for hydroxylation is 2. The largest absolute Gasteiger partial charge is 0.378 e. The molecule has 0 radical (unpaired) electrons. The summed E-state index contributed by atoms with van der Waals surface area (Å²) >= 11 is 0. The number of anilines is 3. The van der Waals surface area contributed by atoms with Crippen molar-refractivity contribution in [3.8, 4) is 0 Å². The highest BCUT2D eigenvalue weighted by atomic mass is 16.2. The van der Waals surface area contributed by atoms with Gasteiger partial charge in [0.2, 0.25) is 0 Å². The van der Waals surface area contributed by atoms with Crippen molar-refractivity contribution < 1.29 is 9.59 Å². The molecule has 0 saturated heterocycles. The molecule has 6 heteroatoms. The molecule has 0 aliphatic rings. The number of nitrogens with one attached hydrogen (secondary N) is 2. The summed E-state index contributed by atoms with van der Waals surface area (Å²) in [5.74, 6) is -0.654. The van der Waals surface area contributed by atoms with Gasteiger partial charge in [0.05, 0.1) is 0 Å². The Morgan fingerprint density at radius 1 is 0.862 bits per heavy atom. The first-order valence-corrected chi connectivity index (χ1v) is 9.27. The summed E-state index contributed by atoms with van der Waals surface area (Å²) in [6.07, 6.45) is 1.46. The van der Waals surface area contributed by atoms with Crippen molar-refractivity contribution in [1.82, 2.24) is 4.98 Å². The second kappa shape index (κ2) is 8.56. The van der Waals surface area contributed by atoms with Gasteiger partial charge in [0.25, 0.3) is 11.8 Å². The van der Waals surface area contributed by atoms with Gasteiger partial charge < -0.3 is 15.5 Å². The van der Waals surface area contributed by atoms with Gasteiger partial charge in [0.1, 0.15) is 5.69 Å². The first-order chi connectivity index (χ1) is 13.8. The van der Waals surface area contributed by atoms with E-state index in [1.165, 1.54) is 12.3 Å². The number of carbonyl (C=O) groups is 2. The molecule has 148 valence electrons.